The summed E-state index contributed by atoms with van der Waals surface area (Å²) in [4.78, 5) is 25.2. The molecular weight excluding hydrogens is 473 g/mol. The summed E-state index contributed by atoms with van der Waals surface area (Å²) in [5.41, 5.74) is 7.69. The predicted molar refractivity (Wildman–Crippen MR) is 127 cm³/mol. The van der Waals surface area contributed by atoms with E-state index in [-0.39, 0.29) is 16.9 Å². The van der Waals surface area contributed by atoms with Crippen LogP contribution in [-0.2, 0) is 6.18 Å². The second-order valence-corrected chi connectivity index (χ2v) is 9.30. The van der Waals surface area contributed by atoms with Crippen molar-refractivity contribution in [3.05, 3.63) is 71.2 Å². The van der Waals surface area contributed by atoms with Gasteiger partial charge in [0.1, 0.15) is 29.2 Å². The summed E-state index contributed by atoms with van der Waals surface area (Å²) >= 11 is 0. The van der Waals surface area contributed by atoms with Crippen LogP contribution in [0.3, 0.4) is 0 Å². The fourth-order valence-corrected chi connectivity index (χ4v) is 5.24. The predicted octanol–water partition coefficient (Wildman–Crippen LogP) is 2.93. The van der Waals surface area contributed by atoms with Crippen LogP contribution in [-0.4, -0.2) is 51.7 Å². The smallest absolute Gasteiger partial charge is 0.383 e. The number of rotatable bonds is 3. The van der Waals surface area contributed by atoms with Crippen molar-refractivity contribution in [2.45, 2.75) is 24.6 Å². The lowest BCUT2D eigenvalue weighted by Crippen LogP contribution is -2.44. The van der Waals surface area contributed by atoms with Crippen LogP contribution in [0.15, 0.2) is 54.0 Å². The summed E-state index contributed by atoms with van der Waals surface area (Å²) in [6.07, 6.45) is 0.0279. The molecule has 4 N–H and O–H groups in total. The number of nitrogens with one attached hydrogen (secondary N) is 2. The Morgan fingerprint density at radius 2 is 1.94 bits per heavy atom. The Morgan fingerprint density at radius 1 is 1.14 bits per heavy atom. The van der Waals surface area contributed by atoms with Crippen LogP contribution in [0.2, 0.25) is 0 Å². The molecule has 3 aliphatic heterocycles. The third-order valence-electron chi connectivity index (χ3n) is 7.12. The molecule has 2 atom stereocenters. The van der Waals surface area contributed by atoms with Crippen molar-refractivity contribution in [2.24, 2.45) is 5.10 Å². The topological polar surface area (TPSA) is 118 Å². The number of anilines is 2. The number of benzene rings is 1. The summed E-state index contributed by atoms with van der Waals surface area (Å²) in [7, 11) is 0. The number of nitrogens with two attached hydrogens (primary N) is 1. The van der Waals surface area contributed by atoms with Crippen molar-refractivity contribution < 1.29 is 18.0 Å². The van der Waals surface area contributed by atoms with E-state index in [4.69, 9.17) is 10.8 Å². The van der Waals surface area contributed by atoms with Crippen molar-refractivity contribution in [2.75, 3.05) is 30.7 Å². The Balaban J connectivity index is 1.28. The Morgan fingerprint density at radius 3 is 2.67 bits per heavy atom. The lowest BCUT2D eigenvalue weighted by Gasteiger charge is -2.22. The van der Waals surface area contributed by atoms with E-state index in [9.17, 15) is 18.0 Å². The molecule has 1 amide bonds. The van der Waals surface area contributed by atoms with Crippen molar-refractivity contribution in [1.82, 2.24) is 24.9 Å². The van der Waals surface area contributed by atoms with Gasteiger partial charge in [-0.15, -0.1) is 4.59 Å². The van der Waals surface area contributed by atoms with Gasteiger partial charge in [-0.1, -0.05) is 17.2 Å². The molecule has 9 nitrogen and oxygen atoms in total. The molecule has 184 valence electrons. The average Bonchev–Trinajstić information content (AvgIpc) is 3.32. The van der Waals surface area contributed by atoms with Gasteiger partial charge in [0.25, 0.3) is 11.7 Å². The summed E-state index contributed by atoms with van der Waals surface area (Å²) in [5, 5.41) is 11.0. The van der Waals surface area contributed by atoms with Crippen LogP contribution in [0.25, 0.3) is 0 Å². The van der Waals surface area contributed by atoms with Crippen LogP contribution in [0.5, 0.6) is 0 Å². The zero-order valence-electron chi connectivity index (χ0n) is 19.0. The molecule has 3 aromatic rings. The molecule has 5 heterocycles. The minimum Gasteiger partial charge on any atom is -0.383 e. The number of nitrogen functional groups attached to an aromatic ring is 1. The zero-order valence-corrected chi connectivity index (χ0v) is 19.0. The number of halogens is 3. The molecule has 0 bridgehead atoms. The van der Waals surface area contributed by atoms with Crippen LogP contribution < -0.4 is 21.0 Å². The summed E-state index contributed by atoms with van der Waals surface area (Å²) in [6, 6.07) is 8.29. The van der Waals surface area contributed by atoms with Gasteiger partial charge in [0.15, 0.2) is 12.1 Å². The zero-order chi connectivity index (χ0) is 25.1. The average molecular weight is 495 g/mol. The molecule has 2 aromatic heterocycles. The van der Waals surface area contributed by atoms with Gasteiger partial charge in [0.05, 0.1) is 12.1 Å². The molecular formula is C24H22F3N8O+. The monoisotopic (exact) mass is 495 g/mol. The highest BCUT2D eigenvalue weighted by Crippen LogP contribution is 2.56. The number of carbonyl (C=O) groups is 1. The number of hydrogen-bond acceptors (Lipinski definition) is 7. The van der Waals surface area contributed by atoms with E-state index in [0.717, 1.165) is 62.2 Å². The van der Waals surface area contributed by atoms with E-state index in [0.29, 0.717) is 21.7 Å². The van der Waals surface area contributed by atoms with Crippen molar-refractivity contribution >= 4 is 29.1 Å². The molecule has 0 aliphatic carbocycles. The maximum absolute atomic E-state index is 13.0. The fraction of sp³-hybridized carbons (Fsp3) is 0.292. The van der Waals surface area contributed by atoms with E-state index in [2.05, 4.69) is 25.6 Å². The molecule has 0 saturated carbocycles. The molecule has 1 aromatic carbocycles. The first-order valence-corrected chi connectivity index (χ1v) is 11.5. The molecule has 6 rings (SSSR count). The van der Waals surface area contributed by atoms with Gasteiger partial charge in [0, 0.05) is 23.7 Å². The number of amides is 1. The Hall–Kier alpha value is -3.90. The maximum atomic E-state index is 13.0. The normalized spacial score (nSPS) is 24.5. The lowest BCUT2D eigenvalue weighted by atomic mass is 9.99. The summed E-state index contributed by atoms with van der Waals surface area (Å²) < 4.78 is 39.3. The SMILES string of the molecule is Nc1ncnc2c1C(c1ccc(C(=O)Nc3cc(C(F)(F)F)ccn3)cc1)=N[N+]21C[C@@]12CCCNC2. The van der Waals surface area contributed by atoms with E-state index in [1.54, 1.807) is 24.3 Å². The number of piperidine rings is 1. The van der Waals surface area contributed by atoms with Crippen LogP contribution in [0.1, 0.15) is 39.9 Å². The van der Waals surface area contributed by atoms with E-state index in [1.165, 1.54) is 6.33 Å². The fourth-order valence-electron chi connectivity index (χ4n) is 5.24. The number of fused-ring (bicyclic) bond motifs is 3. The number of nitrogens with zero attached hydrogens (tertiary/aromatic N) is 5. The van der Waals surface area contributed by atoms with Gasteiger partial charge < -0.3 is 16.4 Å². The number of pyridine rings is 1. The van der Waals surface area contributed by atoms with Crippen LogP contribution in [0.4, 0.5) is 30.6 Å². The van der Waals surface area contributed by atoms with Gasteiger partial charge in [-0.25, -0.2) is 9.97 Å². The quantitative estimate of drug-likeness (QED) is 0.380. The van der Waals surface area contributed by atoms with Crippen molar-refractivity contribution in [3.8, 4) is 0 Å². The third kappa shape index (κ3) is 3.44. The molecule has 2 saturated heterocycles. The van der Waals surface area contributed by atoms with Gasteiger partial charge in [-0.3, -0.25) is 4.79 Å². The summed E-state index contributed by atoms with van der Waals surface area (Å²) in [5.74, 6) is 0.375. The highest BCUT2D eigenvalue weighted by molar-refractivity contribution is 6.20. The molecule has 2 fully saturated rings. The molecule has 2 spiro atoms. The first-order valence-electron chi connectivity index (χ1n) is 11.5. The number of aromatic nitrogens is 3. The lowest BCUT2D eigenvalue weighted by molar-refractivity contribution is -0.137. The first kappa shape index (κ1) is 22.6. The Kier molecular flexibility index (Phi) is 4.89. The van der Waals surface area contributed by atoms with Crippen LogP contribution >= 0.6 is 0 Å². The van der Waals surface area contributed by atoms with E-state index in [1.807, 2.05) is 0 Å². The standard InChI is InChI=1S/C24H21F3N8O/c25-24(26,27)16-6-9-30-17(10-16)33-22(36)15-4-2-14(3-5-15)19-18-20(28)31-13-32-21(18)35(34-19)12-23(35)7-1-8-29-11-23/h2-6,9-10,13,29H,1,7-8,11-12H2,(H2-,28,30,31,32,33,34,36)/p+1/t23-,35?/m0/s1. The Labute approximate surface area is 203 Å². The molecule has 1 unspecified atom stereocenters. The molecule has 36 heavy (non-hydrogen) atoms. The van der Waals surface area contributed by atoms with Gasteiger partial charge in [-0.2, -0.15) is 18.2 Å². The Bertz CT molecular complexity index is 1400. The minimum absolute atomic E-state index is 0.0483. The molecule has 3 aliphatic rings. The highest BCUT2D eigenvalue weighted by Gasteiger charge is 2.76. The maximum Gasteiger partial charge on any atom is 0.416 e. The van der Waals surface area contributed by atoms with Gasteiger partial charge in [0.2, 0.25) is 0 Å². The number of carbonyl (C=O) groups excluding carboxylic acids is 1. The van der Waals surface area contributed by atoms with E-state index >= 15 is 0 Å². The second-order valence-electron chi connectivity index (χ2n) is 9.30. The third-order valence-corrected chi connectivity index (χ3v) is 7.12. The minimum atomic E-state index is -4.53. The van der Waals surface area contributed by atoms with Crippen LogP contribution in [0, 0.1) is 0 Å². The number of alkyl halides is 3. The second kappa shape index (κ2) is 7.80. The van der Waals surface area contributed by atoms with Crippen molar-refractivity contribution in [1.29, 1.82) is 0 Å². The number of quaternary nitrogens is 1. The van der Waals surface area contributed by atoms with E-state index < -0.39 is 17.6 Å². The highest BCUT2D eigenvalue weighted by atomic mass is 19.4. The van der Waals surface area contributed by atoms with Gasteiger partial charge in [-0.05, 0) is 37.2 Å². The largest absolute Gasteiger partial charge is 0.416 e. The van der Waals surface area contributed by atoms with Crippen molar-refractivity contribution in [3.63, 3.8) is 0 Å². The van der Waals surface area contributed by atoms with Gasteiger partial charge >= 0.3 is 6.18 Å². The first-order chi connectivity index (χ1) is 17.2. The number of hydrogen-bond donors (Lipinski definition) is 3. The summed E-state index contributed by atoms with van der Waals surface area (Å²) in [6.45, 7) is 2.66. The molecule has 0 radical (unpaired) electrons. The molecule has 12 heteroatoms.